The first kappa shape index (κ1) is 19.2. The fraction of sp³-hybridized carbons (Fsp3) is 0.286. The number of ether oxygens (including phenoxy) is 1. The van der Waals surface area contributed by atoms with Crippen LogP contribution in [0.3, 0.4) is 0 Å². The van der Waals surface area contributed by atoms with Gasteiger partial charge in [0.25, 0.3) is 5.95 Å². The van der Waals surface area contributed by atoms with Gasteiger partial charge >= 0.3 is 5.97 Å². The van der Waals surface area contributed by atoms with Crippen LogP contribution in [0.1, 0.15) is 17.5 Å². The molecule has 1 fully saturated rings. The number of aromatic carboxylic acids is 1. The zero-order chi connectivity index (χ0) is 21.4. The Morgan fingerprint density at radius 2 is 1.87 bits per heavy atom. The van der Waals surface area contributed by atoms with E-state index in [0.29, 0.717) is 55.8 Å². The van der Waals surface area contributed by atoms with Gasteiger partial charge in [-0.15, -0.1) is 0 Å². The molecular formula is C21H21N7O3. The summed E-state index contributed by atoms with van der Waals surface area (Å²) in [5.41, 5.74) is 2.92. The predicted octanol–water partition coefficient (Wildman–Crippen LogP) is 2.23. The van der Waals surface area contributed by atoms with Gasteiger partial charge in [-0.3, -0.25) is 0 Å². The average molecular weight is 419 g/mol. The van der Waals surface area contributed by atoms with Crippen LogP contribution in [0.2, 0.25) is 0 Å². The van der Waals surface area contributed by atoms with Gasteiger partial charge in [-0.1, -0.05) is 30.3 Å². The smallest absolute Gasteiger partial charge is 0.372 e. The van der Waals surface area contributed by atoms with Crippen LogP contribution >= 0.6 is 0 Å². The third kappa shape index (κ3) is 3.40. The van der Waals surface area contributed by atoms with Crippen molar-refractivity contribution in [3.63, 3.8) is 0 Å². The normalized spacial score (nSPS) is 14.3. The Morgan fingerprint density at radius 1 is 1.10 bits per heavy atom. The Labute approximate surface area is 177 Å². The predicted molar refractivity (Wildman–Crippen MR) is 114 cm³/mol. The summed E-state index contributed by atoms with van der Waals surface area (Å²) in [6.45, 7) is 4.71. The van der Waals surface area contributed by atoms with E-state index >= 15 is 0 Å². The fourth-order valence-corrected chi connectivity index (χ4v) is 3.75. The van der Waals surface area contributed by atoms with Gasteiger partial charge in [-0.2, -0.15) is 15.1 Å². The van der Waals surface area contributed by atoms with Crippen molar-refractivity contribution in [2.75, 3.05) is 31.2 Å². The summed E-state index contributed by atoms with van der Waals surface area (Å²) < 4.78 is 8.67. The van der Waals surface area contributed by atoms with Crippen molar-refractivity contribution >= 4 is 23.0 Å². The van der Waals surface area contributed by atoms with E-state index < -0.39 is 5.97 Å². The Kier molecular flexibility index (Phi) is 4.83. The molecule has 0 atom stereocenters. The molecule has 0 bridgehead atoms. The summed E-state index contributed by atoms with van der Waals surface area (Å²) in [6.07, 6.45) is 3.63. The molecule has 0 amide bonds. The van der Waals surface area contributed by atoms with E-state index in [4.69, 9.17) is 9.72 Å². The Bertz CT molecular complexity index is 1240. The van der Waals surface area contributed by atoms with Gasteiger partial charge in [0.2, 0.25) is 5.82 Å². The van der Waals surface area contributed by atoms with Crippen molar-refractivity contribution in [1.82, 2.24) is 29.3 Å². The number of rotatable bonds is 5. The van der Waals surface area contributed by atoms with Crippen LogP contribution in [0.5, 0.6) is 0 Å². The van der Waals surface area contributed by atoms with Crippen LogP contribution in [0.15, 0.2) is 42.7 Å². The van der Waals surface area contributed by atoms with Gasteiger partial charge in [0.1, 0.15) is 0 Å². The number of aryl methyl sites for hydroxylation is 1. The Balaban J connectivity index is 1.68. The first-order valence-electron chi connectivity index (χ1n) is 10.1. The largest absolute Gasteiger partial charge is 0.475 e. The molecule has 0 saturated carbocycles. The maximum absolute atomic E-state index is 11.8. The zero-order valence-corrected chi connectivity index (χ0v) is 17.0. The molecule has 1 N–H and O–H groups in total. The lowest BCUT2D eigenvalue weighted by Crippen LogP contribution is -2.37. The minimum atomic E-state index is -1.10. The number of carboxylic acids is 1. The topological polar surface area (TPSA) is 111 Å². The van der Waals surface area contributed by atoms with Crippen LogP contribution in [0.25, 0.3) is 28.2 Å². The SMILES string of the molecule is CCn1c(C(=O)O)nc2c(N3CCOCC3)nc(-n3cc(-c4ccccc4)cn3)nc21. The molecule has 0 unspecified atom stereocenters. The summed E-state index contributed by atoms with van der Waals surface area (Å²) >= 11 is 0. The highest BCUT2D eigenvalue weighted by Crippen LogP contribution is 2.27. The minimum absolute atomic E-state index is 0.0519. The molecule has 4 heterocycles. The molecule has 10 nitrogen and oxygen atoms in total. The van der Waals surface area contributed by atoms with E-state index in [-0.39, 0.29) is 5.82 Å². The van der Waals surface area contributed by atoms with Crippen molar-refractivity contribution in [3.8, 4) is 17.1 Å². The number of carboxylic acid groups (broad SMARTS) is 1. The molecule has 0 spiro atoms. The molecule has 10 heteroatoms. The number of imidazole rings is 1. The van der Waals surface area contributed by atoms with E-state index in [9.17, 15) is 9.90 Å². The van der Waals surface area contributed by atoms with Crippen LogP contribution in [-0.4, -0.2) is 66.7 Å². The first-order valence-corrected chi connectivity index (χ1v) is 10.1. The number of aromatic nitrogens is 6. The molecule has 0 aliphatic carbocycles. The molecule has 1 aromatic carbocycles. The Morgan fingerprint density at radius 3 is 2.58 bits per heavy atom. The van der Waals surface area contributed by atoms with Crippen molar-refractivity contribution in [1.29, 1.82) is 0 Å². The quantitative estimate of drug-likeness (QED) is 0.524. The highest BCUT2D eigenvalue weighted by atomic mass is 16.5. The second kappa shape index (κ2) is 7.80. The maximum Gasteiger partial charge on any atom is 0.372 e. The van der Waals surface area contributed by atoms with E-state index in [1.165, 1.54) is 0 Å². The number of carbonyl (C=O) groups is 1. The van der Waals surface area contributed by atoms with Crippen LogP contribution in [0, 0.1) is 0 Å². The van der Waals surface area contributed by atoms with Crippen LogP contribution < -0.4 is 4.90 Å². The monoisotopic (exact) mass is 419 g/mol. The number of hydrogen-bond donors (Lipinski definition) is 1. The number of morpholine rings is 1. The average Bonchev–Trinajstić information content (AvgIpc) is 3.45. The third-order valence-electron chi connectivity index (χ3n) is 5.28. The first-order chi connectivity index (χ1) is 15.2. The van der Waals surface area contributed by atoms with Gasteiger partial charge in [0.15, 0.2) is 17.0 Å². The van der Waals surface area contributed by atoms with Crippen LogP contribution in [0.4, 0.5) is 5.82 Å². The van der Waals surface area contributed by atoms with E-state index in [1.54, 1.807) is 15.4 Å². The summed E-state index contributed by atoms with van der Waals surface area (Å²) in [5.74, 6) is -0.193. The van der Waals surface area contributed by atoms with E-state index in [0.717, 1.165) is 11.1 Å². The third-order valence-corrected chi connectivity index (χ3v) is 5.28. The number of benzene rings is 1. The molecule has 1 aliphatic heterocycles. The van der Waals surface area contributed by atoms with Gasteiger partial charge in [0, 0.05) is 31.4 Å². The molecule has 31 heavy (non-hydrogen) atoms. The standard InChI is InChI=1S/C21H21N7O3/c1-2-27-18-16(23-19(27)20(29)30)17(26-8-10-31-11-9-26)24-21(25-18)28-13-15(12-22-28)14-6-4-3-5-7-14/h3-7,12-13H,2,8-11H2,1H3,(H,29,30). The zero-order valence-electron chi connectivity index (χ0n) is 17.0. The molecule has 3 aromatic heterocycles. The van der Waals surface area contributed by atoms with Crippen LogP contribution in [-0.2, 0) is 11.3 Å². The molecule has 1 saturated heterocycles. The molecular weight excluding hydrogens is 398 g/mol. The van der Waals surface area contributed by atoms with Crippen molar-refractivity contribution in [2.24, 2.45) is 0 Å². The van der Waals surface area contributed by atoms with Crippen molar-refractivity contribution in [2.45, 2.75) is 13.5 Å². The molecule has 5 rings (SSSR count). The number of anilines is 1. The summed E-state index contributed by atoms with van der Waals surface area (Å²) in [6, 6.07) is 9.93. The number of nitrogens with zero attached hydrogens (tertiary/aromatic N) is 7. The number of fused-ring (bicyclic) bond motifs is 1. The second-order valence-corrected chi connectivity index (χ2v) is 7.14. The van der Waals surface area contributed by atoms with Crippen molar-refractivity contribution in [3.05, 3.63) is 48.5 Å². The van der Waals surface area contributed by atoms with Crippen molar-refractivity contribution < 1.29 is 14.6 Å². The summed E-state index contributed by atoms with van der Waals surface area (Å²) in [7, 11) is 0. The molecule has 158 valence electrons. The summed E-state index contributed by atoms with van der Waals surface area (Å²) in [5, 5.41) is 14.1. The van der Waals surface area contributed by atoms with E-state index in [1.807, 2.05) is 43.5 Å². The second-order valence-electron chi connectivity index (χ2n) is 7.14. The Hall–Kier alpha value is -3.79. The van der Waals surface area contributed by atoms with Gasteiger partial charge in [0.05, 0.1) is 19.4 Å². The van der Waals surface area contributed by atoms with Gasteiger partial charge in [-0.05, 0) is 12.5 Å². The lowest BCUT2D eigenvalue weighted by Gasteiger charge is -2.28. The maximum atomic E-state index is 11.8. The van der Waals surface area contributed by atoms with E-state index in [2.05, 4.69) is 20.0 Å². The minimum Gasteiger partial charge on any atom is -0.475 e. The van der Waals surface area contributed by atoms with Gasteiger partial charge < -0.3 is 19.3 Å². The molecule has 1 aliphatic rings. The fourth-order valence-electron chi connectivity index (χ4n) is 3.75. The highest BCUT2D eigenvalue weighted by molar-refractivity contribution is 5.92. The summed E-state index contributed by atoms with van der Waals surface area (Å²) in [4.78, 5) is 27.6. The highest BCUT2D eigenvalue weighted by Gasteiger charge is 2.25. The lowest BCUT2D eigenvalue weighted by molar-refractivity contribution is 0.0679. The van der Waals surface area contributed by atoms with Gasteiger partial charge in [-0.25, -0.2) is 14.5 Å². The lowest BCUT2D eigenvalue weighted by atomic mass is 10.1. The molecule has 0 radical (unpaired) electrons. The molecule has 4 aromatic rings. The number of hydrogen-bond acceptors (Lipinski definition) is 7.